The fourth-order valence-corrected chi connectivity index (χ4v) is 2.25. The average molecular weight is 333 g/mol. The second kappa shape index (κ2) is 8.01. The third kappa shape index (κ3) is 4.60. The van der Waals surface area contributed by atoms with E-state index < -0.39 is 0 Å². The molecule has 3 aromatic rings. The van der Waals surface area contributed by atoms with Gasteiger partial charge in [-0.3, -0.25) is 9.78 Å². The van der Waals surface area contributed by atoms with Crippen molar-refractivity contribution in [2.75, 3.05) is 5.32 Å². The number of hydrogen-bond acceptors (Lipinski definition) is 5. The van der Waals surface area contributed by atoms with E-state index in [1.807, 2.05) is 30.3 Å². The smallest absolute Gasteiger partial charge is 0.271 e. The monoisotopic (exact) mass is 333 g/mol. The molecule has 6 heteroatoms. The Morgan fingerprint density at radius 3 is 2.48 bits per heavy atom. The zero-order valence-electron chi connectivity index (χ0n) is 13.9. The third-order valence-electron chi connectivity index (χ3n) is 3.68. The van der Waals surface area contributed by atoms with Crippen LogP contribution >= 0.6 is 0 Å². The largest absolute Gasteiger partial charge is 0.345 e. The minimum atomic E-state index is -0.281. The fraction of sp³-hybridized carbons (Fsp3) is 0.158. The zero-order chi connectivity index (χ0) is 17.5. The van der Waals surface area contributed by atoms with Crippen LogP contribution in [0.2, 0.25) is 0 Å². The lowest BCUT2D eigenvalue weighted by atomic mass is 10.1. The highest BCUT2D eigenvalue weighted by atomic mass is 16.1. The molecule has 0 spiro atoms. The van der Waals surface area contributed by atoms with Crippen LogP contribution in [-0.2, 0) is 13.0 Å². The summed E-state index contributed by atoms with van der Waals surface area (Å²) in [5.74, 6) is 0.308. The van der Waals surface area contributed by atoms with Crippen molar-refractivity contribution in [2.45, 2.75) is 19.9 Å². The Hall–Kier alpha value is -3.28. The van der Waals surface area contributed by atoms with Gasteiger partial charge in [-0.05, 0) is 36.2 Å². The lowest BCUT2D eigenvalue weighted by Gasteiger charge is -2.07. The lowest BCUT2D eigenvalue weighted by Crippen LogP contribution is -2.24. The molecule has 0 aliphatic rings. The molecule has 2 N–H and O–H groups in total. The van der Waals surface area contributed by atoms with Gasteiger partial charge in [0.2, 0.25) is 0 Å². The van der Waals surface area contributed by atoms with Crippen LogP contribution in [0.5, 0.6) is 0 Å². The molecule has 1 amide bonds. The molecule has 1 aromatic carbocycles. The Bertz CT molecular complexity index is 817. The number of benzene rings is 1. The Labute approximate surface area is 146 Å². The first-order chi connectivity index (χ1) is 12.2. The fourth-order valence-electron chi connectivity index (χ4n) is 2.25. The number of aromatic nitrogens is 3. The van der Waals surface area contributed by atoms with Crippen LogP contribution in [0.4, 0.5) is 11.5 Å². The SMILES string of the molecule is CCc1ccc(Nc2cnc(C(=O)NCc3ccccn3)cn2)cc1. The summed E-state index contributed by atoms with van der Waals surface area (Å²) in [6, 6.07) is 13.7. The summed E-state index contributed by atoms with van der Waals surface area (Å²) in [7, 11) is 0. The first kappa shape index (κ1) is 16.6. The Kier molecular flexibility index (Phi) is 5.31. The Morgan fingerprint density at radius 2 is 1.84 bits per heavy atom. The van der Waals surface area contributed by atoms with E-state index in [4.69, 9.17) is 0 Å². The Balaban J connectivity index is 1.58. The lowest BCUT2D eigenvalue weighted by molar-refractivity contribution is 0.0945. The molecule has 0 radical (unpaired) electrons. The number of hydrogen-bond donors (Lipinski definition) is 2. The summed E-state index contributed by atoms with van der Waals surface area (Å²) >= 11 is 0. The van der Waals surface area contributed by atoms with Crippen LogP contribution in [-0.4, -0.2) is 20.9 Å². The normalized spacial score (nSPS) is 10.3. The van der Waals surface area contributed by atoms with Gasteiger partial charge >= 0.3 is 0 Å². The number of carbonyl (C=O) groups is 1. The van der Waals surface area contributed by atoms with Gasteiger partial charge in [0.1, 0.15) is 11.5 Å². The molecule has 25 heavy (non-hydrogen) atoms. The highest BCUT2D eigenvalue weighted by Gasteiger charge is 2.08. The maximum atomic E-state index is 12.1. The topological polar surface area (TPSA) is 79.8 Å². The van der Waals surface area contributed by atoms with E-state index in [0.717, 1.165) is 17.8 Å². The van der Waals surface area contributed by atoms with Gasteiger partial charge in [-0.1, -0.05) is 25.1 Å². The number of rotatable bonds is 6. The van der Waals surface area contributed by atoms with E-state index >= 15 is 0 Å². The molecule has 0 bridgehead atoms. The second-order valence-corrected chi connectivity index (χ2v) is 5.47. The molecule has 126 valence electrons. The summed E-state index contributed by atoms with van der Waals surface area (Å²) in [6.07, 6.45) is 5.69. The molecule has 2 aromatic heterocycles. The van der Waals surface area contributed by atoms with Crippen LogP contribution in [0.25, 0.3) is 0 Å². The maximum absolute atomic E-state index is 12.1. The number of carbonyl (C=O) groups excluding carboxylic acids is 1. The van der Waals surface area contributed by atoms with Crippen molar-refractivity contribution in [1.82, 2.24) is 20.3 Å². The second-order valence-electron chi connectivity index (χ2n) is 5.47. The molecular formula is C19H19N5O. The van der Waals surface area contributed by atoms with Crippen molar-refractivity contribution in [1.29, 1.82) is 0 Å². The maximum Gasteiger partial charge on any atom is 0.271 e. The van der Waals surface area contributed by atoms with Crippen LogP contribution in [0.15, 0.2) is 61.1 Å². The van der Waals surface area contributed by atoms with Gasteiger partial charge < -0.3 is 10.6 Å². The molecule has 3 rings (SSSR count). The van der Waals surface area contributed by atoms with Crippen LogP contribution in [0, 0.1) is 0 Å². The van der Waals surface area contributed by atoms with E-state index in [0.29, 0.717) is 12.4 Å². The van der Waals surface area contributed by atoms with E-state index in [-0.39, 0.29) is 11.6 Å². The molecule has 0 saturated carbocycles. The first-order valence-electron chi connectivity index (χ1n) is 8.10. The summed E-state index contributed by atoms with van der Waals surface area (Å²) in [4.78, 5) is 24.7. The molecule has 0 aliphatic carbocycles. The highest BCUT2D eigenvalue weighted by molar-refractivity contribution is 5.91. The van der Waals surface area contributed by atoms with Crippen molar-refractivity contribution in [3.8, 4) is 0 Å². The van der Waals surface area contributed by atoms with E-state index in [2.05, 4.69) is 44.6 Å². The summed E-state index contributed by atoms with van der Waals surface area (Å²) < 4.78 is 0. The van der Waals surface area contributed by atoms with Crippen molar-refractivity contribution < 1.29 is 4.79 Å². The number of aryl methyl sites for hydroxylation is 1. The molecule has 0 fully saturated rings. The predicted molar refractivity (Wildman–Crippen MR) is 96.5 cm³/mol. The van der Waals surface area contributed by atoms with Gasteiger partial charge in [-0.25, -0.2) is 9.97 Å². The van der Waals surface area contributed by atoms with Crippen LogP contribution in [0.3, 0.4) is 0 Å². The van der Waals surface area contributed by atoms with Gasteiger partial charge in [0.25, 0.3) is 5.91 Å². The van der Waals surface area contributed by atoms with Crippen molar-refractivity contribution in [3.63, 3.8) is 0 Å². The molecule has 6 nitrogen and oxygen atoms in total. The standard InChI is InChI=1S/C19H19N5O/c1-2-14-6-8-15(9-7-14)24-18-13-21-17(12-22-18)19(25)23-11-16-5-3-4-10-20-16/h3-10,12-13H,2,11H2,1H3,(H,22,24)(H,23,25). The minimum absolute atomic E-state index is 0.266. The van der Waals surface area contributed by atoms with Gasteiger partial charge in [-0.15, -0.1) is 0 Å². The van der Waals surface area contributed by atoms with Crippen molar-refractivity contribution in [2.24, 2.45) is 0 Å². The van der Waals surface area contributed by atoms with Gasteiger partial charge in [0, 0.05) is 11.9 Å². The molecule has 0 aliphatic heterocycles. The summed E-state index contributed by atoms with van der Waals surface area (Å²) in [5, 5.41) is 5.94. The van der Waals surface area contributed by atoms with E-state index in [1.165, 1.54) is 11.8 Å². The number of anilines is 2. The third-order valence-corrected chi connectivity index (χ3v) is 3.68. The van der Waals surface area contributed by atoms with E-state index in [1.54, 1.807) is 12.4 Å². The van der Waals surface area contributed by atoms with Gasteiger partial charge in [0.05, 0.1) is 24.6 Å². The predicted octanol–water partition coefficient (Wildman–Crippen LogP) is 3.11. The van der Waals surface area contributed by atoms with Crippen molar-refractivity contribution >= 4 is 17.4 Å². The molecule has 2 heterocycles. The summed E-state index contributed by atoms with van der Waals surface area (Å²) in [5.41, 5.74) is 3.26. The molecular weight excluding hydrogens is 314 g/mol. The van der Waals surface area contributed by atoms with Crippen LogP contribution in [0.1, 0.15) is 28.7 Å². The molecule has 0 unspecified atom stereocenters. The van der Waals surface area contributed by atoms with E-state index in [9.17, 15) is 4.79 Å². The number of nitrogens with zero attached hydrogens (tertiary/aromatic N) is 3. The quantitative estimate of drug-likeness (QED) is 0.724. The van der Waals surface area contributed by atoms with Gasteiger partial charge in [0.15, 0.2) is 0 Å². The van der Waals surface area contributed by atoms with Crippen molar-refractivity contribution in [3.05, 3.63) is 78.0 Å². The Morgan fingerprint density at radius 1 is 1.00 bits per heavy atom. The number of amides is 1. The first-order valence-corrected chi connectivity index (χ1v) is 8.10. The molecule has 0 atom stereocenters. The summed E-state index contributed by atoms with van der Waals surface area (Å²) in [6.45, 7) is 2.47. The number of pyridine rings is 1. The average Bonchev–Trinajstić information content (AvgIpc) is 2.68. The number of nitrogens with one attached hydrogen (secondary N) is 2. The highest BCUT2D eigenvalue weighted by Crippen LogP contribution is 2.15. The zero-order valence-corrected chi connectivity index (χ0v) is 13.9. The van der Waals surface area contributed by atoms with Gasteiger partial charge in [-0.2, -0.15) is 0 Å². The minimum Gasteiger partial charge on any atom is -0.345 e. The van der Waals surface area contributed by atoms with Crippen LogP contribution < -0.4 is 10.6 Å². The molecule has 0 saturated heterocycles.